The molecule has 1 unspecified atom stereocenters. The van der Waals surface area contributed by atoms with Gasteiger partial charge in [-0.3, -0.25) is 9.59 Å². The van der Waals surface area contributed by atoms with Crippen molar-refractivity contribution in [1.82, 2.24) is 5.32 Å². The molecule has 1 aromatic heterocycles. The lowest BCUT2D eigenvalue weighted by Gasteiger charge is -2.33. The predicted molar refractivity (Wildman–Crippen MR) is 128 cm³/mol. The maximum absolute atomic E-state index is 13.8. The smallest absolute Gasteiger partial charge is 0.254 e. The number of carbonyl (C=O) groups excluding carboxylic acids is 2. The summed E-state index contributed by atoms with van der Waals surface area (Å²) in [6.45, 7) is 3.77. The van der Waals surface area contributed by atoms with Crippen LogP contribution in [0.2, 0.25) is 0 Å². The Bertz CT molecular complexity index is 1370. The van der Waals surface area contributed by atoms with E-state index in [0.717, 1.165) is 24.1 Å². The third kappa shape index (κ3) is 3.96. The van der Waals surface area contributed by atoms with E-state index in [1.807, 2.05) is 38.1 Å². The predicted octanol–water partition coefficient (Wildman–Crippen LogP) is 6.00. The van der Waals surface area contributed by atoms with Crippen molar-refractivity contribution in [3.63, 3.8) is 0 Å². The first kappa shape index (κ1) is 21.9. The molecule has 0 radical (unpaired) electrons. The molecule has 172 valence electrons. The van der Waals surface area contributed by atoms with E-state index < -0.39 is 5.92 Å². The molecule has 2 heterocycles. The average Bonchev–Trinajstić information content (AvgIpc) is 3.30. The third-order valence-electron chi connectivity index (χ3n) is 6.43. The minimum Gasteiger partial charge on any atom is -0.460 e. The SMILES string of the molecule is CC1=C(C(=O)Nc2ccccc2C)C(c2ccc(-c3cccc(F)c3)o2)C2=C(CCCC2=O)N1. The highest BCUT2D eigenvalue weighted by molar-refractivity contribution is 6.09. The van der Waals surface area contributed by atoms with Gasteiger partial charge in [0, 0.05) is 34.6 Å². The van der Waals surface area contributed by atoms with E-state index >= 15 is 0 Å². The van der Waals surface area contributed by atoms with Crippen molar-refractivity contribution in [3.8, 4) is 11.3 Å². The molecular weight excluding hydrogens is 431 g/mol. The van der Waals surface area contributed by atoms with Crippen molar-refractivity contribution in [3.05, 3.63) is 100 Å². The Kier molecular flexibility index (Phi) is 5.65. The Morgan fingerprint density at radius 1 is 1.06 bits per heavy atom. The molecule has 0 spiro atoms. The maximum Gasteiger partial charge on any atom is 0.254 e. The Morgan fingerprint density at radius 2 is 1.88 bits per heavy atom. The fraction of sp³-hybridized carbons (Fsp3) is 0.214. The summed E-state index contributed by atoms with van der Waals surface area (Å²) in [5.41, 5.74) is 4.79. The summed E-state index contributed by atoms with van der Waals surface area (Å²) in [7, 11) is 0. The van der Waals surface area contributed by atoms with E-state index in [1.165, 1.54) is 12.1 Å². The Balaban J connectivity index is 1.59. The van der Waals surface area contributed by atoms with Crippen LogP contribution in [-0.2, 0) is 9.59 Å². The zero-order chi connectivity index (χ0) is 23.8. The molecule has 1 aliphatic carbocycles. The van der Waals surface area contributed by atoms with Crippen LogP contribution >= 0.6 is 0 Å². The van der Waals surface area contributed by atoms with Crippen molar-refractivity contribution in [1.29, 1.82) is 0 Å². The van der Waals surface area contributed by atoms with Crippen LogP contribution in [-0.4, -0.2) is 11.7 Å². The fourth-order valence-corrected chi connectivity index (χ4v) is 4.78. The molecule has 5 nitrogen and oxygen atoms in total. The van der Waals surface area contributed by atoms with Crippen LogP contribution < -0.4 is 10.6 Å². The van der Waals surface area contributed by atoms with E-state index in [0.29, 0.717) is 46.0 Å². The molecule has 2 aliphatic rings. The van der Waals surface area contributed by atoms with E-state index in [2.05, 4.69) is 10.6 Å². The van der Waals surface area contributed by atoms with Gasteiger partial charge in [0.15, 0.2) is 5.78 Å². The van der Waals surface area contributed by atoms with Crippen LogP contribution in [0, 0.1) is 12.7 Å². The zero-order valence-electron chi connectivity index (χ0n) is 19.1. The summed E-state index contributed by atoms with van der Waals surface area (Å²) in [4.78, 5) is 26.7. The Morgan fingerprint density at radius 3 is 2.68 bits per heavy atom. The molecule has 0 saturated heterocycles. The van der Waals surface area contributed by atoms with Gasteiger partial charge in [-0.15, -0.1) is 0 Å². The van der Waals surface area contributed by atoms with Crippen molar-refractivity contribution in [2.75, 3.05) is 5.32 Å². The van der Waals surface area contributed by atoms with Gasteiger partial charge in [0.05, 0.1) is 11.5 Å². The van der Waals surface area contributed by atoms with E-state index in [1.54, 1.807) is 24.3 Å². The fourth-order valence-electron chi connectivity index (χ4n) is 4.78. The summed E-state index contributed by atoms with van der Waals surface area (Å²) in [5.74, 6) is -0.323. The molecule has 0 fully saturated rings. The van der Waals surface area contributed by atoms with Gasteiger partial charge in [0.25, 0.3) is 5.91 Å². The topological polar surface area (TPSA) is 71.3 Å². The first-order valence-corrected chi connectivity index (χ1v) is 11.4. The number of aryl methyl sites for hydroxylation is 1. The number of dihydropyridines is 1. The van der Waals surface area contributed by atoms with Gasteiger partial charge in [0.1, 0.15) is 17.3 Å². The zero-order valence-corrected chi connectivity index (χ0v) is 19.1. The molecule has 6 heteroatoms. The van der Waals surface area contributed by atoms with E-state index in [-0.39, 0.29) is 17.5 Å². The van der Waals surface area contributed by atoms with Crippen molar-refractivity contribution in [2.45, 2.75) is 39.0 Å². The van der Waals surface area contributed by atoms with Crippen molar-refractivity contribution in [2.24, 2.45) is 0 Å². The van der Waals surface area contributed by atoms with Crippen LogP contribution in [0.5, 0.6) is 0 Å². The van der Waals surface area contributed by atoms with E-state index in [4.69, 9.17) is 4.42 Å². The van der Waals surface area contributed by atoms with Gasteiger partial charge in [-0.1, -0.05) is 30.3 Å². The quantitative estimate of drug-likeness (QED) is 0.505. The van der Waals surface area contributed by atoms with Gasteiger partial charge in [0.2, 0.25) is 0 Å². The number of allylic oxidation sites excluding steroid dienone is 3. The molecule has 5 rings (SSSR count). The van der Waals surface area contributed by atoms with Crippen LogP contribution in [0.1, 0.15) is 43.4 Å². The summed E-state index contributed by atoms with van der Waals surface area (Å²) in [6.07, 6.45) is 1.93. The van der Waals surface area contributed by atoms with Crippen molar-refractivity contribution < 1.29 is 18.4 Å². The molecule has 3 aromatic rings. The highest BCUT2D eigenvalue weighted by Crippen LogP contribution is 2.43. The maximum atomic E-state index is 13.8. The number of para-hydroxylation sites is 1. The number of nitrogens with one attached hydrogen (secondary N) is 2. The first-order chi connectivity index (χ1) is 16.4. The molecule has 1 atom stereocenters. The number of halogens is 1. The number of hydrogen-bond donors (Lipinski definition) is 2. The number of benzene rings is 2. The monoisotopic (exact) mass is 456 g/mol. The number of ketones is 1. The first-order valence-electron chi connectivity index (χ1n) is 11.4. The molecule has 0 bridgehead atoms. The summed E-state index contributed by atoms with van der Waals surface area (Å²) in [5, 5.41) is 6.32. The minimum absolute atomic E-state index is 0.0103. The standard InChI is InChI=1S/C28H25FN2O3/c1-16-7-3-4-10-20(16)31-28(33)25-17(2)30-21-11-6-12-22(32)26(21)27(25)24-14-13-23(34-24)18-8-5-9-19(29)15-18/h3-5,7-10,13-15,27,30H,6,11-12H2,1-2H3,(H,31,33). The van der Waals surface area contributed by atoms with Gasteiger partial charge in [-0.25, -0.2) is 4.39 Å². The number of anilines is 1. The number of amides is 1. The molecule has 1 aliphatic heterocycles. The number of furan rings is 1. The second kappa shape index (κ2) is 8.78. The summed E-state index contributed by atoms with van der Waals surface area (Å²) < 4.78 is 20.0. The lowest BCUT2D eigenvalue weighted by atomic mass is 9.77. The highest BCUT2D eigenvalue weighted by Gasteiger charge is 2.40. The summed E-state index contributed by atoms with van der Waals surface area (Å²) >= 11 is 0. The Labute approximate surface area is 197 Å². The molecule has 34 heavy (non-hydrogen) atoms. The van der Waals surface area contributed by atoms with Gasteiger partial charge >= 0.3 is 0 Å². The number of hydrogen-bond acceptors (Lipinski definition) is 4. The van der Waals surface area contributed by atoms with Crippen LogP contribution in [0.4, 0.5) is 10.1 Å². The van der Waals surface area contributed by atoms with Crippen LogP contribution in [0.25, 0.3) is 11.3 Å². The number of Topliss-reactive ketones (excluding diaryl/α,β-unsaturated/α-hetero) is 1. The number of rotatable bonds is 4. The van der Waals surface area contributed by atoms with Crippen molar-refractivity contribution >= 4 is 17.4 Å². The Hall–Kier alpha value is -3.93. The second-order valence-corrected chi connectivity index (χ2v) is 8.75. The number of carbonyl (C=O) groups is 2. The second-order valence-electron chi connectivity index (χ2n) is 8.75. The normalized spacial score (nSPS) is 18.0. The van der Waals surface area contributed by atoms with Gasteiger partial charge in [-0.2, -0.15) is 0 Å². The summed E-state index contributed by atoms with van der Waals surface area (Å²) in [6, 6.07) is 17.2. The highest BCUT2D eigenvalue weighted by atomic mass is 19.1. The molecular formula is C28H25FN2O3. The largest absolute Gasteiger partial charge is 0.460 e. The van der Waals surface area contributed by atoms with Crippen LogP contribution in [0.3, 0.4) is 0 Å². The lowest BCUT2D eigenvalue weighted by molar-refractivity contribution is -0.116. The molecule has 2 N–H and O–H groups in total. The molecule has 0 saturated carbocycles. The lowest BCUT2D eigenvalue weighted by Crippen LogP contribution is -2.35. The molecule has 1 amide bonds. The molecule has 2 aromatic carbocycles. The van der Waals surface area contributed by atoms with Crippen LogP contribution in [0.15, 0.2) is 87.6 Å². The third-order valence-corrected chi connectivity index (χ3v) is 6.43. The minimum atomic E-state index is -0.643. The van der Waals surface area contributed by atoms with E-state index in [9.17, 15) is 14.0 Å². The van der Waals surface area contributed by atoms with Gasteiger partial charge < -0.3 is 15.1 Å². The average molecular weight is 457 g/mol. The van der Waals surface area contributed by atoms with Gasteiger partial charge in [-0.05, 0) is 62.6 Å².